The van der Waals surface area contributed by atoms with Gasteiger partial charge in [-0.15, -0.1) is 0 Å². The molecule has 2 amide bonds. The summed E-state index contributed by atoms with van der Waals surface area (Å²) in [5.74, 6) is -0.0301. The summed E-state index contributed by atoms with van der Waals surface area (Å²) in [4.78, 5) is 25.9. The lowest BCUT2D eigenvalue weighted by molar-refractivity contribution is -0.141. The molecule has 1 N–H and O–H groups in total. The number of hydrogen-bond acceptors (Lipinski definition) is 3. The van der Waals surface area contributed by atoms with Crippen molar-refractivity contribution in [3.8, 4) is 0 Å². The third-order valence-corrected chi connectivity index (χ3v) is 3.33. The molecule has 1 saturated heterocycles. The Morgan fingerprint density at radius 2 is 2.25 bits per heavy atom. The van der Waals surface area contributed by atoms with E-state index in [2.05, 4.69) is 0 Å². The second kappa shape index (κ2) is 5.98. The van der Waals surface area contributed by atoms with Crippen LogP contribution in [0.25, 0.3) is 0 Å². The number of carbonyl (C=O) groups is 2. The molecule has 0 unspecified atom stereocenters. The Hall–Kier alpha value is -0.910. The maximum Gasteiger partial charge on any atom is 0.326 e. The number of urea groups is 1. The number of aliphatic carboxylic acids is 1. The standard InChI is InChI=1S/C10H18N2O3S/c1-11(6-7-16-2)10(15)12-5-3-4-8(12)9(13)14/h8H,3-7H2,1-2H3,(H,13,14)/t8-/m0/s1. The summed E-state index contributed by atoms with van der Waals surface area (Å²) in [5, 5.41) is 8.97. The monoisotopic (exact) mass is 246 g/mol. The van der Waals surface area contributed by atoms with Crippen molar-refractivity contribution in [3.05, 3.63) is 0 Å². The van der Waals surface area contributed by atoms with Gasteiger partial charge >= 0.3 is 12.0 Å². The van der Waals surface area contributed by atoms with Crippen molar-refractivity contribution in [1.29, 1.82) is 0 Å². The molecular formula is C10H18N2O3S. The molecule has 0 aliphatic carbocycles. The first-order valence-electron chi connectivity index (χ1n) is 5.31. The molecule has 1 rings (SSSR count). The highest BCUT2D eigenvalue weighted by molar-refractivity contribution is 7.98. The van der Waals surface area contributed by atoms with Gasteiger partial charge in [-0.3, -0.25) is 0 Å². The SMILES string of the molecule is CSCCN(C)C(=O)N1CCC[C@H]1C(=O)O. The Balaban J connectivity index is 2.55. The van der Waals surface area contributed by atoms with Gasteiger partial charge in [0.15, 0.2) is 0 Å². The fourth-order valence-electron chi connectivity index (χ4n) is 1.80. The molecule has 16 heavy (non-hydrogen) atoms. The van der Waals surface area contributed by atoms with Crippen LogP contribution in [0.3, 0.4) is 0 Å². The highest BCUT2D eigenvalue weighted by atomic mass is 32.2. The van der Waals surface area contributed by atoms with Gasteiger partial charge in [-0.25, -0.2) is 9.59 Å². The van der Waals surface area contributed by atoms with Gasteiger partial charge in [0.1, 0.15) is 6.04 Å². The molecule has 1 heterocycles. The number of carboxylic acid groups (broad SMARTS) is 1. The second-order valence-corrected chi connectivity index (χ2v) is 4.87. The molecule has 0 bridgehead atoms. The van der Waals surface area contributed by atoms with Gasteiger partial charge in [0.2, 0.25) is 0 Å². The molecule has 1 aliphatic rings. The van der Waals surface area contributed by atoms with Crippen LogP contribution < -0.4 is 0 Å². The van der Waals surface area contributed by atoms with Crippen molar-refractivity contribution in [2.24, 2.45) is 0 Å². The molecule has 0 aromatic carbocycles. The van der Waals surface area contributed by atoms with Crippen LogP contribution >= 0.6 is 11.8 Å². The molecule has 1 aliphatic heterocycles. The third-order valence-electron chi connectivity index (χ3n) is 2.74. The lowest BCUT2D eigenvalue weighted by Gasteiger charge is -2.27. The number of carbonyl (C=O) groups excluding carboxylic acids is 1. The average molecular weight is 246 g/mol. The molecule has 0 saturated carbocycles. The summed E-state index contributed by atoms with van der Waals surface area (Å²) in [6.45, 7) is 1.21. The first-order chi connectivity index (χ1) is 7.57. The fraction of sp³-hybridized carbons (Fsp3) is 0.800. The summed E-state index contributed by atoms with van der Waals surface area (Å²) < 4.78 is 0. The van der Waals surface area contributed by atoms with Crippen LogP contribution in [0.15, 0.2) is 0 Å². The van der Waals surface area contributed by atoms with E-state index in [-0.39, 0.29) is 6.03 Å². The van der Waals surface area contributed by atoms with E-state index in [1.54, 1.807) is 23.7 Å². The van der Waals surface area contributed by atoms with Gasteiger partial charge < -0.3 is 14.9 Å². The second-order valence-electron chi connectivity index (χ2n) is 3.89. The maximum atomic E-state index is 11.9. The highest BCUT2D eigenvalue weighted by Gasteiger charge is 2.35. The summed E-state index contributed by atoms with van der Waals surface area (Å²) in [5.41, 5.74) is 0. The van der Waals surface area contributed by atoms with E-state index in [4.69, 9.17) is 5.11 Å². The van der Waals surface area contributed by atoms with Crippen molar-refractivity contribution in [2.45, 2.75) is 18.9 Å². The predicted molar refractivity (Wildman–Crippen MR) is 63.8 cm³/mol. The van der Waals surface area contributed by atoms with Crippen LogP contribution in [0.4, 0.5) is 4.79 Å². The summed E-state index contributed by atoms with van der Waals surface area (Å²) >= 11 is 1.67. The minimum absolute atomic E-state index is 0.168. The van der Waals surface area contributed by atoms with Crippen molar-refractivity contribution >= 4 is 23.8 Å². The molecule has 6 heteroatoms. The highest BCUT2D eigenvalue weighted by Crippen LogP contribution is 2.18. The van der Waals surface area contributed by atoms with Crippen molar-refractivity contribution in [3.63, 3.8) is 0 Å². The van der Waals surface area contributed by atoms with Crippen LogP contribution in [-0.2, 0) is 4.79 Å². The number of likely N-dealkylation sites (tertiary alicyclic amines) is 1. The topological polar surface area (TPSA) is 60.9 Å². The normalized spacial score (nSPS) is 19.9. The van der Waals surface area contributed by atoms with Crippen LogP contribution in [0.2, 0.25) is 0 Å². The van der Waals surface area contributed by atoms with E-state index in [0.29, 0.717) is 19.5 Å². The van der Waals surface area contributed by atoms with E-state index in [9.17, 15) is 9.59 Å². The molecule has 0 spiro atoms. The Labute approximate surface area is 99.8 Å². The van der Waals surface area contributed by atoms with E-state index in [1.807, 2.05) is 6.26 Å². The summed E-state index contributed by atoms with van der Waals surface area (Å²) in [7, 11) is 1.72. The Morgan fingerprint density at radius 1 is 1.56 bits per heavy atom. The van der Waals surface area contributed by atoms with Crippen molar-refractivity contribution in [2.75, 3.05) is 32.1 Å². The van der Waals surface area contributed by atoms with E-state index in [0.717, 1.165) is 12.2 Å². The lowest BCUT2D eigenvalue weighted by atomic mass is 10.2. The zero-order chi connectivity index (χ0) is 12.1. The number of hydrogen-bond donors (Lipinski definition) is 1. The molecule has 92 valence electrons. The number of thioether (sulfide) groups is 1. The fourth-order valence-corrected chi connectivity index (χ4v) is 2.25. The van der Waals surface area contributed by atoms with Crippen LogP contribution in [-0.4, -0.2) is 65.1 Å². The van der Waals surface area contributed by atoms with E-state index >= 15 is 0 Å². The van der Waals surface area contributed by atoms with Gasteiger partial charge in [-0.05, 0) is 19.1 Å². The summed E-state index contributed by atoms with van der Waals surface area (Å²) in [6.07, 6.45) is 3.32. The number of rotatable bonds is 4. The maximum absolute atomic E-state index is 11.9. The number of amides is 2. The van der Waals surface area contributed by atoms with E-state index < -0.39 is 12.0 Å². The smallest absolute Gasteiger partial charge is 0.326 e. The van der Waals surface area contributed by atoms with Gasteiger partial charge in [0.05, 0.1) is 0 Å². The Kier molecular flexibility index (Phi) is 4.92. The molecule has 1 atom stereocenters. The van der Waals surface area contributed by atoms with Gasteiger partial charge in [-0.2, -0.15) is 11.8 Å². The first-order valence-corrected chi connectivity index (χ1v) is 6.70. The van der Waals surface area contributed by atoms with Crippen LogP contribution in [0, 0.1) is 0 Å². The third kappa shape index (κ3) is 3.04. The zero-order valence-electron chi connectivity index (χ0n) is 9.68. The van der Waals surface area contributed by atoms with Gasteiger partial charge in [0, 0.05) is 25.9 Å². The zero-order valence-corrected chi connectivity index (χ0v) is 10.5. The Morgan fingerprint density at radius 3 is 2.81 bits per heavy atom. The van der Waals surface area contributed by atoms with Gasteiger partial charge in [0.25, 0.3) is 0 Å². The molecule has 0 aromatic rings. The Bertz CT molecular complexity index is 273. The van der Waals surface area contributed by atoms with Crippen molar-refractivity contribution < 1.29 is 14.7 Å². The van der Waals surface area contributed by atoms with Crippen LogP contribution in [0.1, 0.15) is 12.8 Å². The minimum atomic E-state index is -0.899. The van der Waals surface area contributed by atoms with Crippen molar-refractivity contribution in [1.82, 2.24) is 9.80 Å². The molecule has 1 fully saturated rings. The van der Waals surface area contributed by atoms with Crippen LogP contribution in [0.5, 0.6) is 0 Å². The number of nitrogens with zero attached hydrogens (tertiary/aromatic N) is 2. The van der Waals surface area contributed by atoms with E-state index in [1.165, 1.54) is 4.90 Å². The minimum Gasteiger partial charge on any atom is -0.480 e. The first kappa shape index (κ1) is 13.2. The molecule has 0 radical (unpaired) electrons. The quantitative estimate of drug-likeness (QED) is 0.802. The average Bonchev–Trinajstić information content (AvgIpc) is 2.73. The summed E-state index contributed by atoms with van der Waals surface area (Å²) in [6, 6.07) is -0.803. The predicted octanol–water partition coefficient (Wildman–Crippen LogP) is 0.950. The lowest BCUT2D eigenvalue weighted by Crippen LogP contribution is -2.47. The largest absolute Gasteiger partial charge is 0.480 e. The molecule has 5 nitrogen and oxygen atoms in total. The van der Waals surface area contributed by atoms with Gasteiger partial charge in [-0.1, -0.05) is 0 Å². The molecule has 0 aromatic heterocycles. The molecular weight excluding hydrogens is 228 g/mol. The number of carboxylic acids is 1.